The van der Waals surface area contributed by atoms with Crippen molar-refractivity contribution < 1.29 is 19.5 Å². The second kappa shape index (κ2) is 13.4. The van der Waals surface area contributed by atoms with Crippen molar-refractivity contribution in [1.82, 2.24) is 24.5 Å². The van der Waals surface area contributed by atoms with E-state index in [4.69, 9.17) is 23.2 Å². The van der Waals surface area contributed by atoms with Crippen molar-refractivity contribution in [3.05, 3.63) is 50.1 Å². The summed E-state index contributed by atoms with van der Waals surface area (Å²) in [6.45, 7) is 5.75. The SMILES string of the molecule is CN1CCC(N2CCN(C(=O)C(Cc3ccc(Cl)c(Cl)c3)[C@H]3CC(N4Cc5cscc5NC4=O)CCN3C(=O)O)CC2)CC1. The van der Waals surface area contributed by atoms with Crippen LogP contribution >= 0.6 is 34.5 Å². The predicted molar refractivity (Wildman–Crippen MR) is 173 cm³/mol. The summed E-state index contributed by atoms with van der Waals surface area (Å²) in [6, 6.07) is 4.90. The Morgan fingerprint density at radius 1 is 1.00 bits per heavy atom. The normalized spacial score (nSPS) is 24.6. The number of hydrogen-bond donors (Lipinski definition) is 2. The molecular formula is C31H40Cl2N6O4S. The molecule has 0 spiro atoms. The van der Waals surface area contributed by atoms with Gasteiger partial charge in [-0.2, -0.15) is 0 Å². The van der Waals surface area contributed by atoms with E-state index in [1.165, 1.54) is 4.90 Å². The number of piperazine rings is 1. The third kappa shape index (κ3) is 6.67. The molecule has 0 radical (unpaired) electrons. The lowest BCUT2D eigenvalue weighted by atomic mass is 9.82. The fourth-order valence-electron chi connectivity index (χ4n) is 7.38. The summed E-state index contributed by atoms with van der Waals surface area (Å²) in [6.07, 6.45) is 2.45. The summed E-state index contributed by atoms with van der Waals surface area (Å²) >= 11 is 14.1. The number of fused-ring (bicyclic) bond motifs is 1. The zero-order valence-corrected chi connectivity index (χ0v) is 27.3. The zero-order valence-electron chi connectivity index (χ0n) is 25.0. The summed E-state index contributed by atoms with van der Waals surface area (Å²) in [7, 11) is 2.16. The molecule has 4 aliphatic heterocycles. The summed E-state index contributed by atoms with van der Waals surface area (Å²) in [5.41, 5.74) is 2.72. The fourth-order valence-corrected chi connectivity index (χ4v) is 8.48. The number of nitrogens with zero attached hydrogens (tertiary/aromatic N) is 5. The van der Waals surface area contributed by atoms with E-state index in [0.29, 0.717) is 55.0 Å². The van der Waals surface area contributed by atoms with Gasteiger partial charge >= 0.3 is 12.1 Å². The number of carbonyl (C=O) groups excluding carboxylic acids is 2. The minimum absolute atomic E-state index is 0.0424. The van der Waals surface area contributed by atoms with E-state index < -0.39 is 18.1 Å². The van der Waals surface area contributed by atoms with Crippen LogP contribution in [0.1, 0.15) is 36.8 Å². The molecule has 1 aromatic heterocycles. The number of urea groups is 1. The topological polar surface area (TPSA) is 99.7 Å². The third-order valence-electron chi connectivity index (χ3n) is 9.94. The summed E-state index contributed by atoms with van der Waals surface area (Å²) < 4.78 is 0. The van der Waals surface area contributed by atoms with Crippen LogP contribution in [0.4, 0.5) is 15.3 Å². The van der Waals surface area contributed by atoms with Crippen LogP contribution in [0.15, 0.2) is 29.0 Å². The van der Waals surface area contributed by atoms with Gasteiger partial charge in [0.2, 0.25) is 5.91 Å². The Morgan fingerprint density at radius 3 is 2.43 bits per heavy atom. The van der Waals surface area contributed by atoms with Crippen molar-refractivity contribution >= 4 is 58.3 Å². The maximum absolute atomic E-state index is 14.5. The average molecular weight is 664 g/mol. The molecule has 3 fully saturated rings. The lowest BCUT2D eigenvalue weighted by molar-refractivity contribution is -0.140. The molecule has 13 heteroatoms. The molecule has 3 saturated heterocycles. The molecular weight excluding hydrogens is 623 g/mol. The molecule has 238 valence electrons. The first-order valence-electron chi connectivity index (χ1n) is 15.5. The predicted octanol–water partition coefficient (Wildman–Crippen LogP) is 5.01. The Bertz CT molecular complexity index is 1380. The molecule has 4 amide bonds. The van der Waals surface area contributed by atoms with Gasteiger partial charge in [-0.15, -0.1) is 11.3 Å². The second-order valence-corrected chi connectivity index (χ2v) is 14.1. The highest BCUT2D eigenvalue weighted by atomic mass is 35.5. The number of rotatable bonds is 6. The lowest BCUT2D eigenvalue weighted by Crippen LogP contribution is -2.60. The molecule has 4 aliphatic rings. The Kier molecular flexibility index (Phi) is 9.58. The van der Waals surface area contributed by atoms with E-state index in [1.54, 1.807) is 23.5 Å². The van der Waals surface area contributed by atoms with Gasteiger partial charge in [0, 0.05) is 61.8 Å². The van der Waals surface area contributed by atoms with Gasteiger partial charge < -0.3 is 30.0 Å². The maximum atomic E-state index is 14.5. The number of carbonyl (C=O) groups is 3. The van der Waals surface area contributed by atoms with Crippen LogP contribution in [0.3, 0.4) is 0 Å². The molecule has 44 heavy (non-hydrogen) atoms. The molecule has 0 aliphatic carbocycles. The van der Waals surface area contributed by atoms with Crippen LogP contribution in [0.25, 0.3) is 0 Å². The fraction of sp³-hybridized carbons (Fsp3) is 0.581. The first kappa shape index (κ1) is 31.4. The summed E-state index contributed by atoms with van der Waals surface area (Å²) in [5.74, 6) is -0.676. The molecule has 0 bridgehead atoms. The molecule has 2 aromatic rings. The van der Waals surface area contributed by atoms with Gasteiger partial charge in [-0.25, -0.2) is 9.59 Å². The van der Waals surface area contributed by atoms with E-state index in [0.717, 1.165) is 55.8 Å². The van der Waals surface area contributed by atoms with Crippen LogP contribution in [0.5, 0.6) is 0 Å². The number of carboxylic acid groups (broad SMARTS) is 1. The molecule has 5 heterocycles. The number of halogens is 2. The summed E-state index contributed by atoms with van der Waals surface area (Å²) in [5, 5.41) is 18.1. The molecule has 3 atom stereocenters. The van der Waals surface area contributed by atoms with Gasteiger partial charge in [0.05, 0.1) is 28.2 Å². The minimum Gasteiger partial charge on any atom is -0.465 e. The van der Waals surface area contributed by atoms with Crippen LogP contribution in [-0.4, -0.2) is 119 Å². The number of thiophene rings is 1. The second-order valence-electron chi connectivity index (χ2n) is 12.5. The van der Waals surface area contributed by atoms with E-state index in [1.807, 2.05) is 26.6 Å². The third-order valence-corrected chi connectivity index (χ3v) is 11.5. The van der Waals surface area contributed by atoms with Crippen molar-refractivity contribution in [3.63, 3.8) is 0 Å². The molecule has 6 rings (SSSR count). The van der Waals surface area contributed by atoms with Gasteiger partial charge in [-0.1, -0.05) is 29.3 Å². The first-order chi connectivity index (χ1) is 21.2. The van der Waals surface area contributed by atoms with Crippen molar-refractivity contribution in [2.45, 2.75) is 56.8 Å². The molecule has 10 nitrogen and oxygen atoms in total. The Balaban J connectivity index is 1.24. The first-order valence-corrected chi connectivity index (χ1v) is 17.2. The molecule has 2 unspecified atom stereocenters. The van der Waals surface area contributed by atoms with E-state index in [2.05, 4.69) is 22.2 Å². The highest BCUT2D eigenvalue weighted by molar-refractivity contribution is 7.08. The Morgan fingerprint density at radius 2 is 1.73 bits per heavy atom. The number of amides is 4. The standard InChI is InChI=1S/C31H40Cl2N6O4S/c1-35-7-4-22(5-8-35)36-10-12-37(13-11-36)29(40)24(14-20-2-3-25(32)26(33)15-20)28-16-23(6-9-38(28)31(42)43)39-17-21-18-44-19-27(21)34-30(39)41/h2-3,15,18-19,22-24,28H,4-14,16-17H2,1H3,(H,34,41)(H,42,43)/t23?,24?,28-/m1/s1. The smallest absolute Gasteiger partial charge is 0.407 e. The minimum atomic E-state index is -1.05. The van der Waals surface area contributed by atoms with Crippen LogP contribution in [0.2, 0.25) is 10.0 Å². The van der Waals surface area contributed by atoms with Gasteiger partial charge in [-0.05, 0) is 75.3 Å². The van der Waals surface area contributed by atoms with Gasteiger partial charge in [0.25, 0.3) is 0 Å². The number of piperidine rings is 2. The quantitative estimate of drug-likeness (QED) is 0.451. The Labute approximate surface area is 272 Å². The number of nitrogens with one attached hydrogen (secondary N) is 1. The van der Waals surface area contributed by atoms with E-state index >= 15 is 0 Å². The van der Waals surface area contributed by atoms with Gasteiger partial charge in [0.15, 0.2) is 0 Å². The van der Waals surface area contributed by atoms with E-state index in [9.17, 15) is 19.5 Å². The lowest BCUT2D eigenvalue weighted by Gasteiger charge is -2.47. The number of likely N-dealkylation sites (tertiary alicyclic amines) is 2. The van der Waals surface area contributed by atoms with Crippen molar-refractivity contribution in [2.24, 2.45) is 5.92 Å². The number of anilines is 1. The van der Waals surface area contributed by atoms with Crippen molar-refractivity contribution in [1.29, 1.82) is 0 Å². The average Bonchev–Trinajstić information content (AvgIpc) is 3.48. The molecule has 2 N–H and O–H groups in total. The van der Waals surface area contributed by atoms with Crippen LogP contribution in [0, 0.1) is 5.92 Å². The van der Waals surface area contributed by atoms with E-state index in [-0.39, 0.29) is 24.5 Å². The van der Waals surface area contributed by atoms with Crippen LogP contribution in [-0.2, 0) is 17.8 Å². The number of benzene rings is 1. The molecule has 0 saturated carbocycles. The monoisotopic (exact) mass is 662 g/mol. The Hall–Kier alpha value is -2.57. The van der Waals surface area contributed by atoms with Gasteiger partial charge in [0.1, 0.15) is 0 Å². The van der Waals surface area contributed by atoms with Crippen LogP contribution < -0.4 is 5.32 Å². The van der Waals surface area contributed by atoms with Crippen molar-refractivity contribution in [2.75, 3.05) is 58.2 Å². The highest BCUT2D eigenvalue weighted by Gasteiger charge is 2.44. The van der Waals surface area contributed by atoms with Gasteiger partial charge in [-0.3, -0.25) is 9.69 Å². The largest absolute Gasteiger partial charge is 0.465 e. The number of hydrogen-bond acceptors (Lipinski definition) is 6. The maximum Gasteiger partial charge on any atom is 0.407 e. The summed E-state index contributed by atoms with van der Waals surface area (Å²) in [4.78, 5) is 50.2. The van der Waals surface area contributed by atoms with Crippen molar-refractivity contribution in [3.8, 4) is 0 Å². The highest BCUT2D eigenvalue weighted by Crippen LogP contribution is 2.35. The molecule has 1 aromatic carbocycles. The zero-order chi connectivity index (χ0) is 31.0.